The van der Waals surface area contributed by atoms with Crippen LogP contribution in [0.3, 0.4) is 0 Å². The predicted octanol–water partition coefficient (Wildman–Crippen LogP) is 4.70. The zero-order chi connectivity index (χ0) is 23.6. The smallest absolute Gasteiger partial charge is 0.255 e. The highest BCUT2D eigenvalue weighted by molar-refractivity contribution is 6.04. The number of benzene rings is 2. The lowest BCUT2D eigenvalue weighted by atomic mass is 9.96. The van der Waals surface area contributed by atoms with Crippen molar-refractivity contribution in [2.45, 2.75) is 63.3 Å². The Labute approximate surface area is 208 Å². The van der Waals surface area contributed by atoms with E-state index in [9.17, 15) is 4.79 Å². The minimum absolute atomic E-state index is 0.0756. The molecule has 2 atom stereocenters. The molecule has 3 saturated heterocycles. The van der Waals surface area contributed by atoms with E-state index in [1.54, 1.807) is 0 Å². The van der Waals surface area contributed by atoms with Crippen LogP contribution < -0.4 is 10.2 Å². The van der Waals surface area contributed by atoms with E-state index in [4.69, 9.17) is 9.47 Å². The number of hydrogen-bond acceptors (Lipinski definition) is 5. The lowest BCUT2D eigenvalue weighted by Crippen LogP contribution is -2.41. The lowest BCUT2D eigenvalue weighted by molar-refractivity contribution is -0.00866. The van der Waals surface area contributed by atoms with Gasteiger partial charge >= 0.3 is 0 Å². The Kier molecular flexibility index (Phi) is 6.77. The number of nitrogens with one attached hydrogen (secondary N) is 1. The Morgan fingerprint density at radius 1 is 0.943 bits per heavy atom. The first-order valence-corrected chi connectivity index (χ1v) is 13.4. The van der Waals surface area contributed by atoms with Crippen molar-refractivity contribution in [2.24, 2.45) is 5.92 Å². The molecular formula is C29H37N3O3. The number of ether oxygens (including phenoxy) is 2. The standard InChI is InChI=1S/C29H37N3O3/c33-29(22-6-4-21(5-7-22)20-35-27-2-1-3-27)30-24-8-10-26(11-9-24)32-15-12-23-18-31(19-28(23)32)25-13-16-34-17-14-25/h4-11,23,25,27-28H,1-3,12-20H2,(H,30,33)/t23-,28+/m1/s1. The van der Waals surface area contributed by atoms with Crippen molar-refractivity contribution in [2.75, 3.05) is 43.1 Å². The molecule has 0 radical (unpaired) electrons. The maximum Gasteiger partial charge on any atom is 0.255 e. The maximum absolute atomic E-state index is 12.8. The fourth-order valence-corrected chi connectivity index (χ4v) is 6.11. The second-order valence-corrected chi connectivity index (χ2v) is 10.7. The molecule has 1 aliphatic carbocycles. The highest BCUT2D eigenvalue weighted by atomic mass is 16.5. The second-order valence-electron chi connectivity index (χ2n) is 10.7. The molecule has 0 bridgehead atoms. The Hall–Kier alpha value is -2.41. The van der Waals surface area contributed by atoms with E-state index >= 15 is 0 Å². The van der Waals surface area contributed by atoms with Gasteiger partial charge < -0.3 is 19.7 Å². The van der Waals surface area contributed by atoms with E-state index in [0.29, 0.717) is 30.4 Å². The summed E-state index contributed by atoms with van der Waals surface area (Å²) in [5.41, 5.74) is 3.88. The van der Waals surface area contributed by atoms with Crippen molar-refractivity contribution in [3.8, 4) is 0 Å². The van der Waals surface area contributed by atoms with Gasteiger partial charge in [0.25, 0.3) is 5.91 Å². The Morgan fingerprint density at radius 3 is 2.43 bits per heavy atom. The number of fused-ring (bicyclic) bond motifs is 1. The van der Waals surface area contributed by atoms with E-state index in [-0.39, 0.29) is 5.91 Å². The van der Waals surface area contributed by atoms with Crippen molar-refractivity contribution < 1.29 is 14.3 Å². The molecule has 1 saturated carbocycles. The summed E-state index contributed by atoms with van der Waals surface area (Å²) in [6, 6.07) is 17.4. The molecule has 4 aliphatic rings. The minimum atomic E-state index is -0.0756. The van der Waals surface area contributed by atoms with Gasteiger partial charge in [0.1, 0.15) is 0 Å². The summed E-state index contributed by atoms with van der Waals surface area (Å²) in [4.78, 5) is 18.1. The molecule has 0 unspecified atom stereocenters. The third-order valence-corrected chi connectivity index (χ3v) is 8.49. The molecule has 1 amide bonds. The molecule has 3 aliphatic heterocycles. The zero-order valence-corrected chi connectivity index (χ0v) is 20.5. The summed E-state index contributed by atoms with van der Waals surface area (Å²) in [6.07, 6.45) is 7.66. The van der Waals surface area contributed by atoms with E-state index < -0.39 is 0 Å². The minimum Gasteiger partial charge on any atom is -0.381 e. The molecule has 6 heteroatoms. The number of nitrogens with zero attached hydrogens (tertiary/aromatic N) is 2. The Morgan fingerprint density at radius 2 is 1.71 bits per heavy atom. The molecule has 6 nitrogen and oxygen atoms in total. The van der Waals surface area contributed by atoms with Gasteiger partial charge in [0.05, 0.1) is 12.7 Å². The van der Waals surface area contributed by atoms with E-state index in [2.05, 4.69) is 27.2 Å². The van der Waals surface area contributed by atoms with Gasteiger partial charge in [-0.15, -0.1) is 0 Å². The molecule has 4 fully saturated rings. The summed E-state index contributed by atoms with van der Waals surface area (Å²) >= 11 is 0. The molecule has 0 aromatic heterocycles. The average molecular weight is 476 g/mol. The van der Waals surface area contributed by atoms with Crippen LogP contribution in [0.4, 0.5) is 11.4 Å². The monoisotopic (exact) mass is 475 g/mol. The van der Waals surface area contributed by atoms with Crippen molar-refractivity contribution in [3.63, 3.8) is 0 Å². The van der Waals surface area contributed by atoms with Crippen LogP contribution in [0.2, 0.25) is 0 Å². The summed E-state index contributed by atoms with van der Waals surface area (Å²) in [7, 11) is 0. The molecular weight excluding hydrogens is 438 g/mol. The molecule has 35 heavy (non-hydrogen) atoms. The van der Waals surface area contributed by atoms with Crippen LogP contribution in [0.15, 0.2) is 48.5 Å². The second kappa shape index (κ2) is 10.3. The molecule has 3 heterocycles. The lowest BCUT2D eigenvalue weighted by Gasteiger charge is -2.33. The van der Waals surface area contributed by atoms with Crippen molar-refractivity contribution in [3.05, 3.63) is 59.7 Å². The van der Waals surface area contributed by atoms with Crippen molar-refractivity contribution >= 4 is 17.3 Å². The normalized spacial score (nSPS) is 25.4. The van der Waals surface area contributed by atoms with Crippen LogP contribution in [0, 0.1) is 5.92 Å². The Balaban J connectivity index is 1.03. The van der Waals surface area contributed by atoms with Gasteiger partial charge in [-0.3, -0.25) is 9.69 Å². The predicted molar refractivity (Wildman–Crippen MR) is 138 cm³/mol. The number of likely N-dealkylation sites (tertiary alicyclic amines) is 1. The first kappa shape index (κ1) is 23.0. The van der Waals surface area contributed by atoms with Crippen LogP contribution in [0.25, 0.3) is 0 Å². The molecule has 6 rings (SSSR count). The highest BCUT2D eigenvalue weighted by Gasteiger charge is 2.43. The number of carbonyl (C=O) groups excluding carboxylic acids is 1. The molecule has 2 aromatic rings. The quantitative estimate of drug-likeness (QED) is 0.629. The van der Waals surface area contributed by atoms with Crippen molar-refractivity contribution in [1.29, 1.82) is 0 Å². The van der Waals surface area contributed by atoms with Crippen molar-refractivity contribution in [1.82, 2.24) is 4.90 Å². The summed E-state index contributed by atoms with van der Waals surface area (Å²) in [6.45, 7) is 5.96. The van der Waals surface area contributed by atoms with Gasteiger partial charge in [0, 0.05) is 61.9 Å². The largest absolute Gasteiger partial charge is 0.381 e. The van der Waals surface area contributed by atoms with Crippen LogP contribution >= 0.6 is 0 Å². The van der Waals surface area contributed by atoms with Gasteiger partial charge in [0.15, 0.2) is 0 Å². The third kappa shape index (κ3) is 5.11. The fourth-order valence-electron chi connectivity index (χ4n) is 6.11. The fraction of sp³-hybridized carbons (Fsp3) is 0.552. The highest BCUT2D eigenvalue weighted by Crippen LogP contribution is 2.37. The SMILES string of the molecule is O=C(Nc1ccc(N2CC[C@@H]3CN(C4CCOCC4)C[C@@H]32)cc1)c1ccc(COC2CCC2)cc1. The van der Waals surface area contributed by atoms with Gasteiger partial charge in [-0.05, 0) is 86.4 Å². The third-order valence-electron chi connectivity index (χ3n) is 8.49. The molecule has 1 N–H and O–H groups in total. The number of hydrogen-bond donors (Lipinski definition) is 1. The van der Waals surface area contributed by atoms with Gasteiger partial charge in [0.2, 0.25) is 0 Å². The maximum atomic E-state index is 12.8. The van der Waals surface area contributed by atoms with Crippen LogP contribution in [0.5, 0.6) is 0 Å². The van der Waals surface area contributed by atoms with E-state index in [1.807, 2.05) is 36.4 Å². The number of anilines is 2. The zero-order valence-electron chi connectivity index (χ0n) is 20.5. The molecule has 186 valence electrons. The van der Waals surface area contributed by atoms with Gasteiger partial charge in [-0.2, -0.15) is 0 Å². The summed E-state index contributed by atoms with van der Waals surface area (Å²) < 4.78 is 11.4. The van der Waals surface area contributed by atoms with E-state index in [1.165, 1.54) is 50.8 Å². The van der Waals surface area contributed by atoms with E-state index in [0.717, 1.165) is 43.5 Å². The molecule has 2 aromatic carbocycles. The average Bonchev–Trinajstić information content (AvgIpc) is 3.46. The number of rotatable bonds is 7. The first-order chi connectivity index (χ1) is 17.2. The summed E-state index contributed by atoms with van der Waals surface area (Å²) in [5.74, 6) is 0.688. The number of carbonyl (C=O) groups is 1. The number of amides is 1. The molecule has 0 spiro atoms. The summed E-state index contributed by atoms with van der Waals surface area (Å²) in [5, 5.41) is 3.05. The van der Waals surface area contributed by atoms with Gasteiger partial charge in [-0.25, -0.2) is 0 Å². The van der Waals surface area contributed by atoms with Gasteiger partial charge in [-0.1, -0.05) is 12.1 Å². The van der Waals surface area contributed by atoms with Crippen LogP contribution in [0.1, 0.15) is 54.4 Å². The topological polar surface area (TPSA) is 54.0 Å². The Bertz CT molecular complexity index is 999. The first-order valence-electron chi connectivity index (χ1n) is 13.4. The van der Waals surface area contributed by atoms with Crippen LogP contribution in [-0.4, -0.2) is 61.8 Å². The van der Waals surface area contributed by atoms with Crippen LogP contribution in [-0.2, 0) is 16.1 Å².